The minimum atomic E-state index is -0.0528. The van der Waals surface area contributed by atoms with E-state index in [-0.39, 0.29) is 6.10 Å². The average molecular weight is 198 g/mol. The van der Waals surface area contributed by atoms with Crippen LogP contribution in [-0.4, -0.2) is 47.8 Å². The Kier molecular flexibility index (Phi) is 3.42. The molecule has 2 aliphatic rings. The maximum Gasteiger partial charge on any atom is 0.0567 e. The smallest absolute Gasteiger partial charge is 0.0567 e. The molecule has 3 heteroatoms. The molecule has 2 rings (SSSR count). The Balaban J connectivity index is 1.89. The second-order valence-electron chi connectivity index (χ2n) is 4.75. The van der Waals surface area contributed by atoms with Crippen LogP contribution in [0, 0.1) is 0 Å². The number of aliphatic hydroxyl groups is 1. The highest BCUT2D eigenvalue weighted by Gasteiger charge is 2.29. The van der Waals surface area contributed by atoms with Gasteiger partial charge in [0.1, 0.15) is 0 Å². The first-order valence-corrected chi connectivity index (χ1v) is 5.92. The maximum atomic E-state index is 9.56. The normalized spacial score (nSPS) is 37.3. The lowest BCUT2D eigenvalue weighted by Gasteiger charge is -2.42. The van der Waals surface area contributed by atoms with Gasteiger partial charge in [0.2, 0.25) is 0 Å². The molecule has 82 valence electrons. The summed E-state index contributed by atoms with van der Waals surface area (Å²) in [7, 11) is 0. The molecule has 0 bridgehead atoms. The van der Waals surface area contributed by atoms with E-state index in [1.54, 1.807) is 0 Å². The van der Waals surface area contributed by atoms with Gasteiger partial charge in [0.25, 0.3) is 0 Å². The summed E-state index contributed by atoms with van der Waals surface area (Å²) in [6.45, 7) is 5.67. The van der Waals surface area contributed by atoms with Crippen LogP contribution >= 0.6 is 0 Å². The predicted octanol–water partition coefficient (Wildman–Crippen LogP) is 0.584. The van der Waals surface area contributed by atoms with Crippen LogP contribution in [0.1, 0.15) is 32.6 Å². The first-order chi connectivity index (χ1) is 6.77. The average Bonchev–Trinajstić information content (AvgIpc) is 2.19. The third-order valence-electron chi connectivity index (χ3n) is 3.68. The van der Waals surface area contributed by atoms with E-state index in [9.17, 15) is 5.11 Å². The Hall–Kier alpha value is -0.120. The van der Waals surface area contributed by atoms with Gasteiger partial charge >= 0.3 is 0 Å². The fourth-order valence-electron chi connectivity index (χ4n) is 2.85. The van der Waals surface area contributed by atoms with E-state index >= 15 is 0 Å². The van der Waals surface area contributed by atoms with Crippen molar-refractivity contribution in [1.82, 2.24) is 10.2 Å². The third kappa shape index (κ3) is 2.27. The molecule has 2 unspecified atom stereocenters. The van der Waals surface area contributed by atoms with Crippen LogP contribution in [-0.2, 0) is 0 Å². The van der Waals surface area contributed by atoms with Crippen molar-refractivity contribution in [2.75, 3.05) is 19.6 Å². The van der Waals surface area contributed by atoms with Crippen molar-refractivity contribution >= 4 is 0 Å². The Morgan fingerprint density at radius 3 is 2.57 bits per heavy atom. The molecule has 0 aromatic rings. The van der Waals surface area contributed by atoms with Crippen molar-refractivity contribution in [1.29, 1.82) is 0 Å². The monoisotopic (exact) mass is 198 g/mol. The van der Waals surface area contributed by atoms with E-state index in [2.05, 4.69) is 17.1 Å². The fourth-order valence-corrected chi connectivity index (χ4v) is 2.85. The molecule has 0 radical (unpaired) electrons. The summed E-state index contributed by atoms with van der Waals surface area (Å²) in [5, 5.41) is 13.0. The molecule has 2 N–H and O–H groups in total. The number of nitrogens with one attached hydrogen (secondary N) is 1. The summed E-state index contributed by atoms with van der Waals surface area (Å²) >= 11 is 0. The van der Waals surface area contributed by atoms with E-state index < -0.39 is 0 Å². The lowest BCUT2D eigenvalue weighted by molar-refractivity contribution is 0.0162. The van der Waals surface area contributed by atoms with Gasteiger partial charge in [-0.2, -0.15) is 0 Å². The molecule has 0 saturated carbocycles. The number of piperidine rings is 2. The summed E-state index contributed by atoms with van der Waals surface area (Å²) < 4.78 is 0. The molecule has 0 aromatic carbocycles. The first kappa shape index (κ1) is 10.4. The highest BCUT2D eigenvalue weighted by atomic mass is 16.3. The number of likely N-dealkylation sites (tertiary alicyclic amines) is 1. The molecule has 3 nitrogen and oxygen atoms in total. The zero-order chi connectivity index (χ0) is 9.97. The molecule has 0 spiro atoms. The van der Waals surface area contributed by atoms with Crippen LogP contribution in [0.3, 0.4) is 0 Å². The standard InChI is InChI=1S/C11H22N2O/c1-9-8-11(14)4-7-13(9)10-2-5-12-6-3-10/h9-12,14H,2-8H2,1H3. The summed E-state index contributed by atoms with van der Waals surface area (Å²) in [4.78, 5) is 2.60. The molecule has 0 aliphatic carbocycles. The lowest BCUT2D eigenvalue weighted by Crippen LogP contribution is -2.51. The molecule has 2 heterocycles. The van der Waals surface area contributed by atoms with E-state index in [0.29, 0.717) is 6.04 Å². The molecule has 2 saturated heterocycles. The summed E-state index contributed by atoms with van der Waals surface area (Å²) in [5.41, 5.74) is 0. The zero-order valence-corrected chi connectivity index (χ0v) is 9.08. The molecule has 0 amide bonds. The molecule has 0 aromatic heterocycles. The van der Waals surface area contributed by atoms with Gasteiger partial charge in [0.05, 0.1) is 6.10 Å². The quantitative estimate of drug-likeness (QED) is 0.647. The molecule has 14 heavy (non-hydrogen) atoms. The van der Waals surface area contributed by atoms with Gasteiger partial charge in [-0.15, -0.1) is 0 Å². The van der Waals surface area contributed by atoms with E-state index in [1.807, 2.05) is 0 Å². The third-order valence-corrected chi connectivity index (χ3v) is 3.68. The van der Waals surface area contributed by atoms with Crippen LogP contribution in [0.15, 0.2) is 0 Å². The second kappa shape index (κ2) is 4.60. The molecule has 2 fully saturated rings. The Morgan fingerprint density at radius 1 is 1.21 bits per heavy atom. The van der Waals surface area contributed by atoms with Crippen molar-refractivity contribution in [2.24, 2.45) is 0 Å². The van der Waals surface area contributed by atoms with Gasteiger partial charge < -0.3 is 10.4 Å². The molecule has 2 aliphatic heterocycles. The van der Waals surface area contributed by atoms with Gasteiger partial charge in [-0.05, 0) is 45.7 Å². The molecular formula is C11H22N2O. The van der Waals surface area contributed by atoms with Gasteiger partial charge in [0, 0.05) is 18.6 Å². The van der Waals surface area contributed by atoms with E-state index in [1.165, 1.54) is 12.8 Å². The summed E-state index contributed by atoms with van der Waals surface area (Å²) in [5.74, 6) is 0. The van der Waals surface area contributed by atoms with Crippen molar-refractivity contribution in [3.63, 3.8) is 0 Å². The van der Waals surface area contributed by atoms with Crippen LogP contribution < -0.4 is 5.32 Å². The Morgan fingerprint density at radius 2 is 1.93 bits per heavy atom. The topological polar surface area (TPSA) is 35.5 Å². The zero-order valence-electron chi connectivity index (χ0n) is 9.08. The van der Waals surface area contributed by atoms with Crippen LogP contribution in [0.2, 0.25) is 0 Å². The number of nitrogens with zero attached hydrogens (tertiary/aromatic N) is 1. The van der Waals surface area contributed by atoms with Crippen molar-refractivity contribution in [2.45, 2.75) is 50.8 Å². The Labute approximate surface area is 86.5 Å². The summed E-state index contributed by atoms with van der Waals surface area (Å²) in [6.07, 6.45) is 4.43. The minimum Gasteiger partial charge on any atom is -0.393 e. The van der Waals surface area contributed by atoms with Gasteiger partial charge in [-0.3, -0.25) is 4.90 Å². The minimum absolute atomic E-state index is 0.0528. The van der Waals surface area contributed by atoms with Gasteiger partial charge in [-0.1, -0.05) is 0 Å². The van der Waals surface area contributed by atoms with Gasteiger partial charge in [0.15, 0.2) is 0 Å². The number of rotatable bonds is 1. The second-order valence-corrected chi connectivity index (χ2v) is 4.75. The number of hydrogen-bond donors (Lipinski definition) is 2. The van der Waals surface area contributed by atoms with Crippen molar-refractivity contribution in [3.05, 3.63) is 0 Å². The van der Waals surface area contributed by atoms with E-state index in [0.717, 1.165) is 38.5 Å². The lowest BCUT2D eigenvalue weighted by atomic mass is 9.95. The SMILES string of the molecule is CC1CC(O)CCN1C1CCNCC1. The van der Waals surface area contributed by atoms with Crippen molar-refractivity contribution < 1.29 is 5.11 Å². The summed E-state index contributed by atoms with van der Waals surface area (Å²) in [6, 6.07) is 1.33. The fraction of sp³-hybridized carbons (Fsp3) is 1.00. The number of aliphatic hydroxyl groups excluding tert-OH is 1. The Bertz CT molecular complexity index is 180. The molecule has 2 atom stereocenters. The van der Waals surface area contributed by atoms with Crippen LogP contribution in [0.25, 0.3) is 0 Å². The van der Waals surface area contributed by atoms with Crippen molar-refractivity contribution in [3.8, 4) is 0 Å². The van der Waals surface area contributed by atoms with E-state index in [4.69, 9.17) is 0 Å². The van der Waals surface area contributed by atoms with Crippen LogP contribution in [0.5, 0.6) is 0 Å². The number of hydrogen-bond acceptors (Lipinski definition) is 3. The molecular weight excluding hydrogens is 176 g/mol. The highest BCUT2D eigenvalue weighted by Crippen LogP contribution is 2.23. The van der Waals surface area contributed by atoms with Crippen LogP contribution in [0.4, 0.5) is 0 Å². The largest absolute Gasteiger partial charge is 0.393 e. The predicted molar refractivity (Wildman–Crippen MR) is 57.3 cm³/mol. The highest BCUT2D eigenvalue weighted by molar-refractivity contribution is 4.86. The first-order valence-electron chi connectivity index (χ1n) is 5.92. The van der Waals surface area contributed by atoms with Gasteiger partial charge in [-0.25, -0.2) is 0 Å². The maximum absolute atomic E-state index is 9.56.